The van der Waals surface area contributed by atoms with Crippen molar-refractivity contribution in [1.29, 1.82) is 0 Å². The van der Waals surface area contributed by atoms with Gasteiger partial charge in [-0.1, -0.05) is 23.9 Å². The van der Waals surface area contributed by atoms with E-state index in [-0.39, 0.29) is 70.7 Å². The van der Waals surface area contributed by atoms with Crippen LogP contribution in [-0.2, 0) is 11.3 Å². The first-order valence-corrected chi connectivity index (χ1v) is 11.3. The average Bonchev–Trinajstić information content (AvgIpc) is 3.08. The number of nitrogens with zero attached hydrogens (tertiary/aromatic N) is 1. The minimum atomic E-state index is -0.969. The Morgan fingerprint density at radius 3 is 2.55 bits per heavy atom. The summed E-state index contributed by atoms with van der Waals surface area (Å²) in [5, 5.41) is 10.1. The smallest absolute Gasteiger partial charge is 0.289 e. The lowest BCUT2D eigenvalue weighted by atomic mass is 9.88. The van der Waals surface area contributed by atoms with E-state index in [0.29, 0.717) is 11.3 Å². The number of amides is 2. The molecule has 0 bridgehead atoms. The number of phenols is 1. The number of hydrogen-bond acceptors (Lipinski definition) is 8. The van der Waals surface area contributed by atoms with Crippen LogP contribution in [-0.4, -0.2) is 50.7 Å². The van der Waals surface area contributed by atoms with Gasteiger partial charge >= 0.3 is 0 Å². The highest BCUT2D eigenvalue weighted by Gasteiger charge is 2.39. The summed E-state index contributed by atoms with van der Waals surface area (Å²) in [6.07, 6.45) is 0.0521. The molecule has 0 spiro atoms. The molecule has 2 heterocycles. The Hall–Kier alpha value is -3.33. The molecule has 2 aromatic carbocycles. The van der Waals surface area contributed by atoms with Crippen molar-refractivity contribution in [2.45, 2.75) is 39.3 Å². The molecule has 1 unspecified atom stereocenters. The minimum Gasteiger partial charge on any atom is -0.507 e. The number of ether oxygens (including phenoxy) is 2. The molecule has 1 N–H and O–H groups in total. The molecular weight excluding hydrogens is 446 g/mol. The molecule has 0 saturated carbocycles. The van der Waals surface area contributed by atoms with Crippen LogP contribution in [0, 0.1) is 6.92 Å². The molecule has 1 fully saturated rings. The van der Waals surface area contributed by atoms with E-state index in [2.05, 4.69) is 0 Å². The highest BCUT2D eigenvalue weighted by atomic mass is 32.2. The van der Waals surface area contributed by atoms with E-state index in [1.54, 1.807) is 38.1 Å². The predicted molar refractivity (Wildman–Crippen MR) is 121 cm³/mol. The van der Waals surface area contributed by atoms with Gasteiger partial charge in [0.15, 0.2) is 11.6 Å². The van der Waals surface area contributed by atoms with Crippen molar-refractivity contribution >= 4 is 34.5 Å². The van der Waals surface area contributed by atoms with E-state index in [1.807, 2.05) is 0 Å². The Labute approximate surface area is 194 Å². The quantitative estimate of drug-likeness (QED) is 0.635. The van der Waals surface area contributed by atoms with Crippen molar-refractivity contribution in [3.8, 4) is 17.2 Å². The molecule has 4 rings (SSSR count). The second-order valence-electron chi connectivity index (χ2n) is 8.45. The normalized spacial score (nSPS) is 20.0. The Morgan fingerprint density at radius 2 is 1.94 bits per heavy atom. The van der Waals surface area contributed by atoms with Crippen molar-refractivity contribution in [1.82, 2.24) is 4.90 Å². The topological polar surface area (TPSA) is 110 Å². The number of benzene rings is 2. The zero-order valence-electron chi connectivity index (χ0n) is 18.5. The summed E-state index contributed by atoms with van der Waals surface area (Å²) in [6.45, 7) is 4.97. The molecule has 2 amide bonds. The van der Waals surface area contributed by atoms with Gasteiger partial charge in [-0.15, -0.1) is 0 Å². The molecule has 2 aliphatic rings. The first-order chi connectivity index (χ1) is 15.6. The zero-order chi connectivity index (χ0) is 23.9. The number of Topliss-reactive ketones (excluding diaryl/α,β-unsaturated/α-hetero) is 2. The summed E-state index contributed by atoms with van der Waals surface area (Å²) in [5.74, 6) is 0.0605. The highest BCUT2D eigenvalue weighted by molar-refractivity contribution is 8.14. The Kier molecular flexibility index (Phi) is 5.92. The summed E-state index contributed by atoms with van der Waals surface area (Å²) in [5.41, 5.74) is 0.540. The lowest BCUT2D eigenvalue weighted by Crippen LogP contribution is -2.44. The number of imide groups is 1. The van der Waals surface area contributed by atoms with Gasteiger partial charge in [-0.05, 0) is 44.5 Å². The molecule has 2 aromatic rings. The summed E-state index contributed by atoms with van der Waals surface area (Å²) >= 11 is 0.998. The van der Waals surface area contributed by atoms with Gasteiger partial charge in [0, 0.05) is 5.56 Å². The van der Waals surface area contributed by atoms with E-state index in [1.165, 1.54) is 17.9 Å². The van der Waals surface area contributed by atoms with Gasteiger partial charge in [-0.25, -0.2) is 0 Å². The fourth-order valence-corrected chi connectivity index (χ4v) is 4.56. The highest BCUT2D eigenvalue weighted by Crippen LogP contribution is 2.41. The van der Waals surface area contributed by atoms with Crippen LogP contribution in [0.3, 0.4) is 0 Å². The van der Waals surface area contributed by atoms with Crippen molar-refractivity contribution in [2.24, 2.45) is 0 Å². The maximum Gasteiger partial charge on any atom is 0.289 e. The number of aromatic hydroxyl groups is 1. The molecule has 172 valence electrons. The summed E-state index contributed by atoms with van der Waals surface area (Å²) in [7, 11) is 0. The first-order valence-electron chi connectivity index (χ1n) is 10.4. The van der Waals surface area contributed by atoms with E-state index in [4.69, 9.17) is 9.47 Å². The molecule has 9 heteroatoms. The van der Waals surface area contributed by atoms with Crippen LogP contribution in [0.15, 0.2) is 30.3 Å². The molecule has 0 aromatic heterocycles. The summed E-state index contributed by atoms with van der Waals surface area (Å²) < 4.78 is 12.0. The molecule has 2 aliphatic heterocycles. The average molecular weight is 470 g/mol. The van der Waals surface area contributed by atoms with Gasteiger partial charge in [-0.3, -0.25) is 24.1 Å². The first kappa shape index (κ1) is 22.8. The molecular formula is C24H23NO7S. The van der Waals surface area contributed by atoms with Crippen LogP contribution in [0.5, 0.6) is 17.2 Å². The molecule has 1 saturated heterocycles. The zero-order valence-corrected chi connectivity index (χ0v) is 19.3. The van der Waals surface area contributed by atoms with Crippen LogP contribution >= 0.6 is 11.8 Å². The number of fused-ring (bicyclic) bond motifs is 1. The standard InChI is InChI=1S/C24H23NO7S/c1-13-21(29)17(14(2)26)8-18-19(27)9-24(3,32-22(13)18)12-31-16-6-4-15(5-7-16)10-25-20(28)11-33-23(25)30/h4-8,29H,9-12H2,1-3H3. The summed E-state index contributed by atoms with van der Waals surface area (Å²) in [6, 6.07) is 8.39. The van der Waals surface area contributed by atoms with Crippen LogP contribution in [0.2, 0.25) is 0 Å². The van der Waals surface area contributed by atoms with Crippen molar-refractivity contribution in [3.05, 3.63) is 52.6 Å². The Balaban J connectivity index is 1.45. The van der Waals surface area contributed by atoms with E-state index < -0.39 is 5.60 Å². The Morgan fingerprint density at radius 1 is 1.24 bits per heavy atom. The largest absolute Gasteiger partial charge is 0.507 e. The fourth-order valence-electron chi connectivity index (χ4n) is 3.84. The van der Waals surface area contributed by atoms with Gasteiger partial charge in [-0.2, -0.15) is 0 Å². The Bertz CT molecular complexity index is 1160. The lowest BCUT2D eigenvalue weighted by molar-refractivity contribution is -0.125. The number of hydrogen-bond donors (Lipinski definition) is 1. The van der Waals surface area contributed by atoms with Gasteiger partial charge in [0.1, 0.15) is 29.5 Å². The maximum atomic E-state index is 12.8. The van der Waals surface area contributed by atoms with Gasteiger partial charge in [0.2, 0.25) is 5.91 Å². The van der Waals surface area contributed by atoms with E-state index in [9.17, 15) is 24.3 Å². The van der Waals surface area contributed by atoms with Gasteiger partial charge in [0.05, 0.1) is 29.8 Å². The van der Waals surface area contributed by atoms with Crippen molar-refractivity contribution in [2.75, 3.05) is 12.4 Å². The molecule has 1 atom stereocenters. The van der Waals surface area contributed by atoms with Crippen LogP contribution in [0.25, 0.3) is 0 Å². The van der Waals surface area contributed by atoms with Gasteiger partial charge in [0.25, 0.3) is 5.24 Å². The number of carbonyl (C=O) groups excluding carboxylic acids is 4. The van der Waals surface area contributed by atoms with Crippen LogP contribution in [0.1, 0.15) is 52.1 Å². The maximum absolute atomic E-state index is 12.8. The predicted octanol–water partition coefficient (Wildman–Crippen LogP) is 3.90. The van der Waals surface area contributed by atoms with E-state index >= 15 is 0 Å². The number of phenolic OH excluding ortho intramolecular Hbond substituents is 1. The summed E-state index contributed by atoms with van der Waals surface area (Å²) in [4.78, 5) is 49.3. The number of rotatable bonds is 6. The second kappa shape index (κ2) is 8.55. The van der Waals surface area contributed by atoms with Gasteiger partial charge < -0.3 is 14.6 Å². The van der Waals surface area contributed by atoms with Crippen LogP contribution in [0.4, 0.5) is 4.79 Å². The monoisotopic (exact) mass is 469 g/mol. The number of thioether (sulfide) groups is 1. The third-order valence-electron chi connectivity index (χ3n) is 5.70. The molecule has 8 nitrogen and oxygen atoms in total. The number of ketones is 2. The van der Waals surface area contributed by atoms with Crippen LogP contribution < -0.4 is 9.47 Å². The molecule has 33 heavy (non-hydrogen) atoms. The third kappa shape index (κ3) is 4.45. The second-order valence-corrected chi connectivity index (χ2v) is 9.38. The minimum absolute atomic E-state index is 0.0521. The van der Waals surface area contributed by atoms with E-state index in [0.717, 1.165) is 17.3 Å². The molecule has 0 aliphatic carbocycles. The lowest BCUT2D eigenvalue weighted by Gasteiger charge is -2.35. The van der Waals surface area contributed by atoms with Crippen molar-refractivity contribution in [3.63, 3.8) is 0 Å². The van der Waals surface area contributed by atoms with Crippen molar-refractivity contribution < 1.29 is 33.8 Å². The molecule has 0 radical (unpaired) electrons. The third-order valence-corrected chi connectivity index (χ3v) is 6.55. The SMILES string of the molecule is CC(=O)c1cc2c(c(C)c1O)OC(C)(COc1ccc(CN3C(=O)CSC3=O)cc1)CC2=O. The number of carbonyl (C=O) groups is 4. The fraction of sp³-hybridized carbons (Fsp3) is 0.333.